The largest absolute Gasteiger partial charge is 0.399 e. The molecule has 0 radical (unpaired) electrons. The highest BCUT2D eigenvalue weighted by atomic mass is 32.2. The van der Waals surface area contributed by atoms with E-state index in [1.54, 1.807) is 11.8 Å². The van der Waals surface area contributed by atoms with Crippen molar-refractivity contribution < 1.29 is 5.11 Å². The van der Waals surface area contributed by atoms with Crippen LogP contribution in [0.15, 0.2) is 24.3 Å². The van der Waals surface area contributed by atoms with Gasteiger partial charge in [0, 0.05) is 10.9 Å². The van der Waals surface area contributed by atoms with Gasteiger partial charge in [-0.3, -0.25) is 0 Å². The molecule has 0 saturated heterocycles. The second-order valence-corrected chi connectivity index (χ2v) is 5.25. The zero-order valence-electron chi connectivity index (χ0n) is 9.31. The fourth-order valence-electron chi connectivity index (χ4n) is 1.26. The van der Waals surface area contributed by atoms with Crippen molar-refractivity contribution in [3.05, 3.63) is 29.8 Å². The summed E-state index contributed by atoms with van der Waals surface area (Å²) in [5, 5.41) is 9.61. The van der Waals surface area contributed by atoms with Gasteiger partial charge in [0.1, 0.15) is 0 Å². The Bertz CT molecular complexity index is 301. The Balaban J connectivity index is 2.35. The molecule has 0 amide bonds. The average molecular weight is 225 g/mol. The Labute approximate surface area is 95.9 Å². The van der Waals surface area contributed by atoms with Crippen LogP contribution in [0.5, 0.6) is 0 Å². The van der Waals surface area contributed by atoms with Crippen LogP contribution in [0.4, 0.5) is 5.69 Å². The summed E-state index contributed by atoms with van der Waals surface area (Å²) in [5.74, 6) is 1.00. The van der Waals surface area contributed by atoms with Gasteiger partial charge >= 0.3 is 0 Å². The van der Waals surface area contributed by atoms with Gasteiger partial charge < -0.3 is 10.8 Å². The fraction of sp³-hybridized carbons (Fsp3) is 0.500. The molecular weight excluding hydrogens is 206 g/mol. The summed E-state index contributed by atoms with van der Waals surface area (Å²) in [5.41, 5.74) is 7.90. The summed E-state index contributed by atoms with van der Waals surface area (Å²) in [4.78, 5) is 0. The van der Waals surface area contributed by atoms with E-state index >= 15 is 0 Å². The van der Waals surface area contributed by atoms with Gasteiger partial charge in [0.2, 0.25) is 0 Å². The summed E-state index contributed by atoms with van der Waals surface area (Å²) >= 11 is 1.78. The van der Waals surface area contributed by atoms with E-state index in [1.165, 1.54) is 5.56 Å². The van der Waals surface area contributed by atoms with Crippen LogP contribution >= 0.6 is 11.8 Å². The number of hydrogen-bond acceptors (Lipinski definition) is 3. The van der Waals surface area contributed by atoms with Gasteiger partial charge in [-0.1, -0.05) is 25.1 Å². The van der Waals surface area contributed by atoms with Crippen molar-refractivity contribution in [2.24, 2.45) is 0 Å². The molecule has 1 aromatic carbocycles. The molecule has 0 aromatic heterocycles. The van der Waals surface area contributed by atoms with Crippen LogP contribution in [-0.2, 0) is 6.42 Å². The van der Waals surface area contributed by atoms with Crippen molar-refractivity contribution in [3.8, 4) is 0 Å². The highest BCUT2D eigenvalue weighted by molar-refractivity contribution is 7.99. The molecule has 2 atom stereocenters. The van der Waals surface area contributed by atoms with E-state index in [0.29, 0.717) is 0 Å². The molecular formula is C12H19NOS. The van der Waals surface area contributed by atoms with E-state index in [4.69, 9.17) is 5.73 Å². The van der Waals surface area contributed by atoms with E-state index in [9.17, 15) is 5.11 Å². The van der Waals surface area contributed by atoms with Gasteiger partial charge in [-0.05, 0) is 30.7 Å². The van der Waals surface area contributed by atoms with Crippen LogP contribution in [0.3, 0.4) is 0 Å². The van der Waals surface area contributed by atoms with E-state index in [2.05, 4.69) is 6.07 Å². The quantitative estimate of drug-likeness (QED) is 0.756. The Kier molecular flexibility index (Phi) is 4.99. The maximum absolute atomic E-state index is 9.33. The number of anilines is 1. The van der Waals surface area contributed by atoms with Crippen molar-refractivity contribution in [2.45, 2.75) is 31.6 Å². The van der Waals surface area contributed by atoms with E-state index in [1.807, 2.05) is 32.0 Å². The molecule has 84 valence electrons. The molecule has 0 fully saturated rings. The molecule has 2 nitrogen and oxygen atoms in total. The number of nitrogen functional groups attached to an aromatic ring is 1. The lowest BCUT2D eigenvalue weighted by Crippen LogP contribution is -2.16. The molecule has 0 aliphatic rings. The van der Waals surface area contributed by atoms with Crippen LogP contribution in [0.1, 0.15) is 19.4 Å². The zero-order valence-corrected chi connectivity index (χ0v) is 10.1. The third kappa shape index (κ3) is 4.14. The van der Waals surface area contributed by atoms with Crippen LogP contribution in [0.25, 0.3) is 0 Å². The Morgan fingerprint density at radius 1 is 1.33 bits per heavy atom. The summed E-state index contributed by atoms with van der Waals surface area (Å²) in [6.45, 7) is 3.87. The first kappa shape index (κ1) is 12.4. The van der Waals surface area contributed by atoms with Gasteiger partial charge in [-0.25, -0.2) is 0 Å². The lowest BCUT2D eigenvalue weighted by Gasteiger charge is -2.14. The summed E-state index contributed by atoms with van der Waals surface area (Å²) < 4.78 is 0. The number of aliphatic hydroxyl groups excluding tert-OH is 1. The van der Waals surface area contributed by atoms with E-state index < -0.39 is 0 Å². The molecule has 3 N–H and O–H groups in total. The van der Waals surface area contributed by atoms with Crippen molar-refractivity contribution >= 4 is 17.4 Å². The van der Waals surface area contributed by atoms with Crippen molar-refractivity contribution in [2.75, 3.05) is 11.5 Å². The summed E-state index contributed by atoms with van der Waals surface area (Å²) in [6, 6.07) is 7.94. The number of nitrogens with two attached hydrogens (primary N) is 1. The fourth-order valence-corrected chi connectivity index (χ4v) is 2.24. The molecule has 0 spiro atoms. The number of hydrogen-bond donors (Lipinski definition) is 2. The zero-order chi connectivity index (χ0) is 11.3. The number of thioether (sulfide) groups is 1. The van der Waals surface area contributed by atoms with Crippen LogP contribution in [0, 0.1) is 0 Å². The molecule has 1 aromatic rings. The molecule has 0 saturated carbocycles. The SMILES string of the molecule is CC(O)C(C)SCCc1ccccc1N. The van der Waals surface area contributed by atoms with Gasteiger partial charge in [-0.15, -0.1) is 0 Å². The molecule has 3 heteroatoms. The Hall–Kier alpha value is -0.670. The van der Waals surface area contributed by atoms with Gasteiger partial charge in [0.05, 0.1) is 6.10 Å². The highest BCUT2D eigenvalue weighted by Gasteiger charge is 2.08. The van der Waals surface area contributed by atoms with Gasteiger partial charge in [0.15, 0.2) is 0 Å². The lowest BCUT2D eigenvalue weighted by atomic mass is 10.1. The first-order chi connectivity index (χ1) is 7.11. The minimum atomic E-state index is -0.247. The first-order valence-electron chi connectivity index (χ1n) is 5.24. The predicted molar refractivity (Wildman–Crippen MR) is 68.2 cm³/mol. The van der Waals surface area contributed by atoms with Crippen LogP contribution < -0.4 is 5.73 Å². The summed E-state index contributed by atoms with van der Waals surface area (Å²) in [7, 11) is 0. The Morgan fingerprint density at radius 3 is 2.60 bits per heavy atom. The second kappa shape index (κ2) is 6.03. The minimum absolute atomic E-state index is 0.247. The molecule has 0 bridgehead atoms. The number of aryl methyl sites for hydroxylation is 1. The third-order valence-electron chi connectivity index (χ3n) is 2.49. The first-order valence-corrected chi connectivity index (χ1v) is 6.29. The predicted octanol–water partition coefficient (Wildman–Crippen LogP) is 2.31. The molecule has 0 aliphatic carbocycles. The molecule has 0 aliphatic heterocycles. The van der Waals surface area contributed by atoms with Gasteiger partial charge in [-0.2, -0.15) is 11.8 Å². The third-order valence-corrected chi connectivity index (χ3v) is 3.85. The maximum atomic E-state index is 9.33. The minimum Gasteiger partial charge on any atom is -0.399 e. The number of para-hydroxylation sites is 1. The number of aliphatic hydroxyl groups is 1. The normalized spacial score (nSPS) is 14.9. The number of benzene rings is 1. The topological polar surface area (TPSA) is 46.2 Å². The highest BCUT2D eigenvalue weighted by Crippen LogP contribution is 2.18. The standard InChI is InChI=1S/C12H19NOS/c1-9(14)10(2)15-8-7-11-5-3-4-6-12(11)13/h3-6,9-10,14H,7-8,13H2,1-2H3. The van der Waals surface area contributed by atoms with E-state index in [-0.39, 0.29) is 11.4 Å². The van der Waals surface area contributed by atoms with Crippen LogP contribution in [0.2, 0.25) is 0 Å². The van der Waals surface area contributed by atoms with Crippen molar-refractivity contribution in [1.82, 2.24) is 0 Å². The van der Waals surface area contributed by atoms with E-state index in [0.717, 1.165) is 17.9 Å². The van der Waals surface area contributed by atoms with Crippen molar-refractivity contribution in [3.63, 3.8) is 0 Å². The maximum Gasteiger partial charge on any atom is 0.0627 e. The number of rotatable bonds is 5. The Morgan fingerprint density at radius 2 is 2.00 bits per heavy atom. The second-order valence-electron chi connectivity index (χ2n) is 3.77. The average Bonchev–Trinajstić information content (AvgIpc) is 2.20. The van der Waals surface area contributed by atoms with Gasteiger partial charge in [0.25, 0.3) is 0 Å². The molecule has 0 heterocycles. The molecule has 15 heavy (non-hydrogen) atoms. The monoisotopic (exact) mass is 225 g/mol. The smallest absolute Gasteiger partial charge is 0.0627 e. The lowest BCUT2D eigenvalue weighted by molar-refractivity contribution is 0.196. The molecule has 1 rings (SSSR count). The molecule has 2 unspecified atom stereocenters. The van der Waals surface area contributed by atoms with Crippen molar-refractivity contribution in [1.29, 1.82) is 0 Å². The van der Waals surface area contributed by atoms with Crippen LogP contribution in [-0.4, -0.2) is 22.2 Å². The summed E-state index contributed by atoms with van der Waals surface area (Å²) in [6.07, 6.45) is 0.720.